The Balaban J connectivity index is 2.66. The fraction of sp³-hybridized carbons (Fsp3) is 0.375. The second-order valence-electron chi connectivity index (χ2n) is 2.60. The maximum atomic E-state index is 5.35. The highest BCUT2D eigenvalue weighted by atomic mass is 31.0. The Morgan fingerprint density at radius 3 is 2.64 bits per heavy atom. The normalized spacial score (nSPS) is 10.2. The SMILES string of the molecule is CC(C)Oc1ccc(P)cn1. The number of aromatic nitrogens is 1. The molecule has 2 nitrogen and oxygen atoms in total. The molecule has 1 unspecified atom stereocenters. The standard InChI is InChI=1S/C8H12NOP/c1-6(2)10-8-4-3-7(11)5-9-8/h3-6H,11H2,1-2H3. The van der Waals surface area contributed by atoms with Crippen molar-refractivity contribution in [2.75, 3.05) is 0 Å². The first kappa shape index (κ1) is 8.48. The molecule has 3 heteroatoms. The highest BCUT2D eigenvalue weighted by molar-refractivity contribution is 7.27. The average molecular weight is 169 g/mol. The highest BCUT2D eigenvalue weighted by Crippen LogP contribution is 2.05. The van der Waals surface area contributed by atoms with Crippen LogP contribution in [0.25, 0.3) is 0 Å². The molecule has 1 heterocycles. The zero-order chi connectivity index (χ0) is 8.27. The molecule has 11 heavy (non-hydrogen) atoms. The zero-order valence-corrected chi connectivity index (χ0v) is 7.90. The molecule has 0 fully saturated rings. The molecule has 60 valence electrons. The predicted molar refractivity (Wildman–Crippen MR) is 49.3 cm³/mol. The fourth-order valence-corrected chi connectivity index (χ4v) is 0.874. The van der Waals surface area contributed by atoms with Crippen molar-refractivity contribution in [1.82, 2.24) is 4.98 Å². The number of pyridine rings is 1. The van der Waals surface area contributed by atoms with Gasteiger partial charge in [-0.05, 0) is 25.2 Å². The first-order chi connectivity index (χ1) is 5.18. The summed E-state index contributed by atoms with van der Waals surface area (Å²) in [6, 6.07) is 3.82. The van der Waals surface area contributed by atoms with E-state index in [0.717, 1.165) is 5.30 Å². The van der Waals surface area contributed by atoms with E-state index in [1.54, 1.807) is 6.20 Å². The van der Waals surface area contributed by atoms with Gasteiger partial charge in [-0.1, -0.05) is 0 Å². The number of ether oxygens (including phenoxy) is 1. The molecule has 1 rings (SSSR count). The highest BCUT2D eigenvalue weighted by Gasteiger charge is 1.96. The molecule has 0 radical (unpaired) electrons. The first-order valence-electron chi connectivity index (χ1n) is 3.56. The summed E-state index contributed by atoms with van der Waals surface area (Å²) in [5, 5.41) is 1.07. The number of rotatable bonds is 2. The maximum absolute atomic E-state index is 5.35. The lowest BCUT2D eigenvalue weighted by molar-refractivity contribution is 0.233. The summed E-state index contributed by atoms with van der Waals surface area (Å²) >= 11 is 0. The fourth-order valence-electron chi connectivity index (χ4n) is 0.703. The summed E-state index contributed by atoms with van der Waals surface area (Å²) in [4.78, 5) is 4.08. The van der Waals surface area contributed by atoms with Crippen LogP contribution in [0, 0.1) is 0 Å². The molecule has 0 aliphatic rings. The van der Waals surface area contributed by atoms with Crippen molar-refractivity contribution < 1.29 is 4.74 Å². The minimum atomic E-state index is 0.192. The van der Waals surface area contributed by atoms with Gasteiger partial charge in [-0.3, -0.25) is 0 Å². The molecule has 1 aromatic heterocycles. The zero-order valence-electron chi connectivity index (χ0n) is 6.74. The van der Waals surface area contributed by atoms with Gasteiger partial charge in [-0.2, -0.15) is 0 Å². The van der Waals surface area contributed by atoms with E-state index in [1.165, 1.54) is 0 Å². The van der Waals surface area contributed by atoms with Crippen molar-refractivity contribution in [2.45, 2.75) is 20.0 Å². The van der Waals surface area contributed by atoms with Crippen LogP contribution < -0.4 is 10.0 Å². The van der Waals surface area contributed by atoms with Crippen LogP contribution >= 0.6 is 9.24 Å². The Kier molecular flexibility index (Phi) is 2.84. The third-order valence-electron chi connectivity index (χ3n) is 1.12. The van der Waals surface area contributed by atoms with Gasteiger partial charge in [-0.15, -0.1) is 9.24 Å². The van der Waals surface area contributed by atoms with Crippen LogP contribution in [0.15, 0.2) is 18.3 Å². The van der Waals surface area contributed by atoms with Crippen LogP contribution in [0.5, 0.6) is 5.88 Å². The molecule has 0 aliphatic heterocycles. The lowest BCUT2D eigenvalue weighted by atomic mass is 10.4. The second-order valence-corrected chi connectivity index (χ2v) is 3.26. The van der Waals surface area contributed by atoms with Gasteiger partial charge in [0.25, 0.3) is 0 Å². The molecule has 0 amide bonds. The molecule has 0 saturated carbocycles. The molecule has 0 bridgehead atoms. The van der Waals surface area contributed by atoms with E-state index >= 15 is 0 Å². The summed E-state index contributed by atoms with van der Waals surface area (Å²) in [7, 11) is 2.58. The van der Waals surface area contributed by atoms with Crippen molar-refractivity contribution in [2.24, 2.45) is 0 Å². The molecule has 0 aliphatic carbocycles. The predicted octanol–water partition coefficient (Wildman–Crippen LogP) is 1.37. The van der Waals surface area contributed by atoms with Crippen LogP contribution in [-0.4, -0.2) is 11.1 Å². The van der Waals surface area contributed by atoms with Crippen molar-refractivity contribution in [3.63, 3.8) is 0 Å². The molecule has 0 spiro atoms. The van der Waals surface area contributed by atoms with Crippen molar-refractivity contribution >= 4 is 14.5 Å². The van der Waals surface area contributed by atoms with Crippen molar-refractivity contribution in [3.8, 4) is 5.88 Å². The summed E-state index contributed by atoms with van der Waals surface area (Å²) in [6.07, 6.45) is 1.96. The van der Waals surface area contributed by atoms with Crippen LogP contribution in [0.3, 0.4) is 0 Å². The second kappa shape index (κ2) is 3.68. The van der Waals surface area contributed by atoms with Crippen LogP contribution in [0.2, 0.25) is 0 Å². The maximum Gasteiger partial charge on any atom is 0.213 e. The van der Waals surface area contributed by atoms with Crippen LogP contribution in [0.1, 0.15) is 13.8 Å². The molecular weight excluding hydrogens is 157 g/mol. The minimum absolute atomic E-state index is 0.192. The minimum Gasteiger partial charge on any atom is -0.475 e. The van der Waals surface area contributed by atoms with Gasteiger partial charge < -0.3 is 4.74 Å². The van der Waals surface area contributed by atoms with Gasteiger partial charge in [0.15, 0.2) is 0 Å². The molecular formula is C8H12NOP. The largest absolute Gasteiger partial charge is 0.475 e. The molecule has 1 aromatic rings. The van der Waals surface area contributed by atoms with E-state index < -0.39 is 0 Å². The summed E-state index contributed by atoms with van der Waals surface area (Å²) in [5.41, 5.74) is 0. The van der Waals surface area contributed by atoms with E-state index in [1.807, 2.05) is 26.0 Å². The van der Waals surface area contributed by atoms with E-state index in [9.17, 15) is 0 Å². The summed E-state index contributed by atoms with van der Waals surface area (Å²) in [5.74, 6) is 0.686. The lowest BCUT2D eigenvalue weighted by Crippen LogP contribution is -2.07. The first-order valence-corrected chi connectivity index (χ1v) is 4.14. The Morgan fingerprint density at radius 2 is 2.18 bits per heavy atom. The number of hydrogen-bond acceptors (Lipinski definition) is 2. The van der Waals surface area contributed by atoms with Gasteiger partial charge in [-0.25, -0.2) is 4.98 Å². The van der Waals surface area contributed by atoms with Crippen molar-refractivity contribution in [1.29, 1.82) is 0 Å². The molecule has 0 aromatic carbocycles. The van der Waals surface area contributed by atoms with Gasteiger partial charge >= 0.3 is 0 Å². The smallest absolute Gasteiger partial charge is 0.213 e. The monoisotopic (exact) mass is 169 g/mol. The van der Waals surface area contributed by atoms with Gasteiger partial charge in [0, 0.05) is 12.3 Å². The van der Waals surface area contributed by atoms with Crippen molar-refractivity contribution in [3.05, 3.63) is 18.3 Å². The number of hydrogen-bond donors (Lipinski definition) is 0. The van der Waals surface area contributed by atoms with E-state index in [-0.39, 0.29) is 6.10 Å². The average Bonchev–Trinajstić information content (AvgIpc) is 1.93. The lowest BCUT2D eigenvalue weighted by Gasteiger charge is -2.07. The Bertz CT molecular complexity index is 220. The third-order valence-corrected chi connectivity index (χ3v) is 1.46. The molecule has 0 N–H and O–H groups in total. The molecule has 0 saturated heterocycles. The van der Waals surface area contributed by atoms with Gasteiger partial charge in [0.2, 0.25) is 5.88 Å². The summed E-state index contributed by atoms with van der Waals surface area (Å²) < 4.78 is 5.35. The topological polar surface area (TPSA) is 22.1 Å². The number of nitrogens with zero attached hydrogens (tertiary/aromatic N) is 1. The third kappa shape index (κ3) is 2.85. The Hall–Kier alpha value is -0.620. The van der Waals surface area contributed by atoms with E-state index in [2.05, 4.69) is 14.2 Å². The quantitative estimate of drug-likeness (QED) is 0.624. The van der Waals surface area contributed by atoms with Crippen LogP contribution in [0.4, 0.5) is 0 Å². The summed E-state index contributed by atoms with van der Waals surface area (Å²) in [6.45, 7) is 3.96. The van der Waals surface area contributed by atoms with E-state index in [0.29, 0.717) is 5.88 Å². The van der Waals surface area contributed by atoms with Crippen LogP contribution in [-0.2, 0) is 0 Å². The molecule has 1 atom stereocenters. The Labute approximate surface area is 69.2 Å². The Morgan fingerprint density at radius 1 is 1.45 bits per heavy atom. The van der Waals surface area contributed by atoms with Gasteiger partial charge in [0.05, 0.1) is 6.10 Å². The van der Waals surface area contributed by atoms with E-state index in [4.69, 9.17) is 4.74 Å². The van der Waals surface area contributed by atoms with Gasteiger partial charge in [0.1, 0.15) is 0 Å².